The summed E-state index contributed by atoms with van der Waals surface area (Å²) in [4.78, 5) is 0. The maximum absolute atomic E-state index is 5.22. The number of nitrogens with one attached hydrogen (secondary N) is 1. The van der Waals surface area contributed by atoms with Crippen molar-refractivity contribution in [3.63, 3.8) is 0 Å². The summed E-state index contributed by atoms with van der Waals surface area (Å²) in [6.45, 7) is 9.79. The molecule has 80 valence electrons. The van der Waals surface area contributed by atoms with Crippen LogP contribution in [-0.2, 0) is 4.74 Å². The molecule has 0 aromatic carbocycles. The lowest BCUT2D eigenvalue weighted by atomic mass is 9.90. The van der Waals surface area contributed by atoms with Crippen molar-refractivity contribution in [2.45, 2.75) is 58.6 Å². The van der Waals surface area contributed by atoms with E-state index in [1.54, 1.807) is 7.11 Å². The molecule has 0 aliphatic heterocycles. The third-order valence-corrected chi connectivity index (χ3v) is 3.20. The topological polar surface area (TPSA) is 21.3 Å². The van der Waals surface area contributed by atoms with Crippen LogP contribution in [0.4, 0.5) is 0 Å². The van der Waals surface area contributed by atoms with E-state index < -0.39 is 0 Å². The number of methoxy groups -OCH3 is 1. The highest BCUT2D eigenvalue weighted by molar-refractivity contribution is 4.84. The first-order valence-corrected chi connectivity index (χ1v) is 5.42. The Labute approximate surface area is 83.1 Å². The molecule has 0 aromatic rings. The summed E-state index contributed by atoms with van der Waals surface area (Å²) in [5.74, 6) is 0. The van der Waals surface area contributed by atoms with Gasteiger partial charge in [0.15, 0.2) is 0 Å². The molecule has 1 N–H and O–H groups in total. The van der Waals surface area contributed by atoms with E-state index in [4.69, 9.17) is 4.74 Å². The zero-order valence-corrected chi connectivity index (χ0v) is 9.81. The molecule has 0 bridgehead atoms. The van der Waals surface area contributed by atoms with Crippen LogP contribution in [0.3, 0.4) is 0 Å². The van der Waals surface area contributed by atoms with Crippen LogP contribution < -0.4 is 5.32 Å². The van der Waals surface area contributed by atoms with Gasteiger partial charge in [0.2, 0.25) is 0 Å². The SMILES string of the molecule is CCC(CC)(CC)NCC(C)OC. The van der Waals surface area contributed by atoms with Crippen LogP contribution in [0.25, 0.3) is 0 Å². The molecule has 0 fully saturated rings. The van der Waals surface area contributed by atoms with Crippen LogP contribution >= 0.6 is 0 Å². The minimum atomic E-state index is 0.309. The summed E-state index contributed by atoms with van der Waals surface area (Å²) in [7, 11) is 1.76. The van der Waals surface area contributed by atoms with E-state index in [1.165, 1.54) is 19.3 Å². The third-order valence-electron chi connectivity index (χ3n) is 3.20. The molecule has 1 atom stereocenters. The van der Waals surface area contributed by atoms with E-state index in [1.807, 2.05) is 0 Å². The van der Waals surface area contributed by atoms with Gasteiger partial charge in [0.1, 0.15) is 0 Å². The van der Waals surface area contributed by atoms with Crippen LogP contribution in [-0.4, -0.2) is 25.3 Å². The minimum Gasteiger partial charge on any atom is -0.380 e. The van der Waals surface area contributed by atoms with E-state index in [9.17, 15) is 0 Å². The van der Waals surface area contributed by atoms with Gasteiger partial charge in [-0.1, -0.05) is 20.8 Å². The van der Waals surface area contributed by atoms with Crippen LogP contribution in [0.2, 0.25) is 0 Å². The van der Waals surface area contributed by atoms with Gasteiger partial charge in [0.25, 0.3) is 0 Å². The Balaban J connectivity index is 3.95. The van der Waals surface area contributed by atoms with Crippen LogP contribution in [0.15, 0.2) is 0 Å². The Morgan fingerprint density at radius 3 is 1.92 bits per heavy atom. The molecule has 0 rings (SSSR count). The highest BCUT2D eigenvalue weighted by atomic mass is 16.5. The number of rotatable bonds is 7. The molecule has 0 saturated carbocycles. The van der Waals surface area contributed by atoms with E-state index in [0.29, 0.717) is 11.6 Å². The Kier molecular flexibility index (Phi) is 6.35. The third kappa shape index (κ3) is 4.10. The van der Waals surface area contributed by atoms with Crippen molar-refractivity contribution in [2.75, 3.05) is 13.7 Å². The number of hydrogen-bond acceptors (Lipinski definition) is 2. The minimum absolute atomic E-state index is 0.309. The van der Waals surface area contributed by atoms with Gasteiger partial charge in [0.05, 0.1) is 6.10 Å². The molecule has 0 saturated heterocycles. The first-order chi connectivity index (χ1) is 6.14. The van der Waals surface area contributed by atoms with Crippen LogP contribution in [0.1, 0.15) is 47.0 Å². The number of hydrogen-bond donors (Lipinski definition) is 1. The van der Waals surface area contributed by atoms with E-state index in [2.05, 4.69) is 33.0 Å². The normalized spacial score (nSPS) is 14.5. The van der Waals surface area contributed by atoms with Gasteiger partial charge in [-0.05, 0) is 26.2 Å². The molecular weight excluding hydrogens is 162 g/mol. The second kappa shape index (κ2) is 6.39. The number of ether oxygens (including phenoxy) is 1. The molecule has 13 heavy (non-hydrogen) atoms. The Hall–Kier alpha value is -0.0800. The molecular formula is C11H25NO. The Morgan fingerprint density at radius 1 is 1.15 bits per heavy atom. The lowest BCUT2D eigenvalue weighted by Crippen LogP contribution is -2.46. The van der Waals surface area contributed by atoms with Crippen LogP contribution in [0.5, 0.6) is 0 Å². The fourth-order valence-corrected chi connectivity index (χ4v) is 1.57. The fraction of sp³-hybridized carbons (Fsp3) is 1.00. The van der Waals surface area contributed by atoms with Gasteiger partial charge >= 0.3 is 0 Å². The Morgan fingerprint density at radius 2 is 1.62 bits per heavy atom. The maximum atomic E-state index is 5.22. The largest absolute Gasteiger partial charge is 0.380 e. The molecule has 0 radical (unpaired) electrons. The summed E-state index contributed by atoms with van der Waals surface area (Å²) in [6.07, 6.45) is 3.88. The van der Waals surface area contributed by atoms with Crippen molar-refractivity contribution in [3.8, 4) is 0 Å². The smallest absolute Gasteiger partial charge is 0.0667 e. The summed E-state index contributed by atoms with van der Waals surface area (Å²) in [5.41, 5.74) is 0.326. The van der Waals surface area contributed by atoms with Gasteiger partial charge in [-0.2, -0.15) is 0 Å². The molecule has 0 aliphatic rings. The second-order valence-electron chi connectivity index (χ2n) is 3.77. The lowest BCUT2D eigenvalue weighted by molar-refractivity contribution is 0.104. The molecule has 1 unspecified atom stereocenters. The van der Waals surface area contributed by atoms with Crippen LogP contribution in [0, 0.1) is 0 Å². The maximum Gasteiger partial charge on any atom is 0.0667 e. The monoisotopic (exact) mass is 187 g/mol. The van der Waals surface area contributed by atoms with Crippen molar-refractivity contribution < 1.29 is 4.74 Å². The molecule has 0 aromatic heterocycles. The molecule has 0 spiro atoms. The van der Waals surface area contributed by atoms with Crippen molar-refractivity contribution in [3.05, 3.63) is 0 Å². The van der Waals surface area contributed by atoms with E-state index >= 15 is 0 Å². The van der Waals surface area contributed by atoms with Crippen molar-refractivity contribution >= 4 is 0 Å². The van der Waals surface area contributed by atoms with Gasteiger partial charge in [-0.3, -0.25) is 0 Å². The van der Waals surface area contributed by atoms with Gasteiger partial charge in [0, 0.05) is 19.2 Å². The highest BCUT2D eigenvalue weighted by Gasteiger charge is 2.23. The van der Waals surface area contributed by atoms with E-state index in [0.717, 1.165) is 6.54 Å². The quantitative estimate of drug-likeness (QED) is 0.661. The summed E-state index contributed by atoms with van der Waals surface area (Å²) < 4.78 is 5.22. The van der Waals surface area contributed by atoms with Gasteiger partial charge < -0.3 is 10.1 Å². The van der Waals surface area contributed by atoms with Crippen molar-refractivity contribution in [2.24, 2.45) is 0 Å². The molecule has 0 aliphatic carbocycles. The van der Waals surface area contributed by atoms with Gasteiger partial charge in [-0.25, -0.2) is 0 Å². The molecule has 2 nitrogen and oxygen atoms in total. The highest BCUT2D eigenvalue weighted by Crippen LogP contribution is 2.18. The second-order valence-corrected chi connectivity index (χ2v) is 3.77. The zero-order chi connectivity index (χ0) is 10.3. The fourth-order valence-electron chi connectivity index (χ4n) is 1.57. The van der Waals surface area contributed by atoms with Crippen molar-refractivity contribution in [1.82, 2.24) is 5.32 Å². The predicted octanol–water partition coefficient (Wildman–Crippen LogP) is 2.58. The summed E-state index contributed by atoms with van der Waals surface area (Å²) in [5, 5.41) is 3.61. The van der Waals surface area contributed by atoms with E-state index in [-0.39, 0.29) is 0 Å². The lowest BCUT2D eigenvalue weighted by Gasteiger charge is -2.33. The average molecular weight is 187 g/mol. The molecule has 2 heteroatoms. The first-order valence-electron chi connectivity index (χ1n) is 5.42. The Bertz CT molecular complexity index is 113. The average Bonchev–Trinajstić information content (AvgIpc) is 2.20. The van der Waals surface area contributed by atoms with Gasteiger partial charge in [-0.15, -0.1) is 0 Å². The predicted molar refractivity (Wildman–Crippen MR) is 58.1 cm³/mol. The molecule has 0 amide bonds. The standard InChI is InChI=1S/C11H25NO/c1-6-11(7-2,8-3)12-9-10(4)13-5/h10,12H,6-9H2,1-5H3. The first kappa shape index (κ1) is 12.9. The zero-order valence-electron chi connectivity index (χ0n) is 9.81. The molecule has 0 heterocycles. The summed E-state index contributed by atoms with van der Waals surface area (Å²) >= 11 is 0. The summed E-state index contributed by atoms with van der Waals surface area (Å²) in [6, 6.07) is 0. The van der Waals surface area contributed by atoms with Crippen molar-refractivity contribution in [1.29, 1.82) is 0 Å².